The van der Waals surface area contributed by atoms with E-state index in [2.05, 4.69) is 9.97 Å². The maximum atomic E-state index is 12.8. The lowest BCUT2D eigenvalue weighted by atomic mass is 10.2. The van der Waals surface area contributed by atoms with Crippen LogP contribution in [0.4, 0.5) is 0 Å². The molecule has 0 spiro atoms. The fourth-order valence-corrected chi connectivity index (χ4v) is 6.31. The van der Waals surface area contributed by atoms with Crippen molar-refractivity contribution in [2.24, 2.45) is 0 Å². The summed E-state index contributed by atoms with van der Waals surface area (Å²) in [4.78, 5) is 8.34. The van der Waals surface area contributed by atoms with Crippen LogP contribution < -0.4 is 8.37 Å². The molecule has 0 bridgehead atoms. The number of benzene rings is 2. The van der Waals surface area contributed by atoms with Gasteiger partial charge in [-0.2, -0.15) is 26.8 Å². The van der Waals surface area contributed by atoms with Gasteiger partial charge in [-0.1, -0.05) is 60.0 Å². The van der Waals surface area contributed by atoms with E-state index in [1.54, 1.807) is 24.3 Å². The van der Waals surface area contributed by atoms with Gasteiger partial charge in [0.05, 0.1) is 6.07 Å². The number of rotatable bonds is 8. The summed E-state index contributed by atoms with van der Waals surface area (Å²) >= 11 is 1.36. The fourth-order valence-electron chi connectivity index (χ4n) is 3.41. The molecule has 1 fully saturated rings. The minimum atomic E-state index is -4.20. The predicted octanol–water partition coefficient (Wildman–Crippen LogP) is 4.66. The van der Waals surface area contributed by atoms with Crippen molar-refractivity contribution in [1.29, 1.82) is 0 Å². The van der Waals surface area contributed by atoms with Crippen LogP contribution in [0.3, 0.4) is 0 Å². The molecule has 3 aromatic rings. The highest BCUT2D eigenvalue weighted by molar-refractivity contribution is 7.99. The van der Waals surface area contributed by atoms with Gasteiger partial charge in [-0.3, -0.25) is 0 Å². The maximum Gasteiger partial charge on any atom is 0.340 e. The third-order valence-electron chi connectivity index (χ3n) is 5.24. The summed E-state index contributed by atoms with van der Waals surface area (Å²) in [6.45, 7) is 3.68. The number of hydrogen-bond acceptors (Lipinski definition) is 9. The molecule has 4 rings (SSSR count). The Balaban J connectivity index is 1.66. The molecule has 1 aromatic heterocycles. The zero-order valence-electron chi connectivity index (χ0n) is 18.7. The molecule has 11 heteroatoms. The second-order valence-electron chi connectivity index (χ2n) is 8.05. The van der Waals surface area contributed by atoms with Crippen LogP contribution in [-0.2, 0) is 20.2 Å². The lowest BCUT2D eigenvalue weighted by Crippen LogP contribution is -2.14. The summed E-state index contributed by atoms with van der Waals surface area (Å²) in [7, 11) is -8.39. The van der Waals surface area contributed by atoms with Crippen LogP contribution in [0.2, 0.25) is 0 Å². The Morgan fingerprint density at radius 2 is 1.15 bits per heavy atom. The van der Waals surface area contributed by atoms with E-state index in [4.69, 9.17) is 8.37 Å². The molecule has 2 aromatic carbocycles. The summed E-state index contributed by atoms with van der Waals surface area (Å²) < 4.78 is 61.6. The first-order valence-electron chi connectivity index (χ1n) is 10.7. The SMILES string of the molecule is Cc1ccc(S(=O)(=O)Oc2cc(OS(=O)(=O)c3ccc(C)cc3)nc(SC3CCCC3)n2)cc1. The standard InChI is InChI=1S/C23H24N2O6S3/c1-16-7-11-19(12-8-16)33(26,27)30-21-15-22(25-23(24-21)32-18-5-3-4-6-18)31-34(28,29)20-13-9-17(2)10-14-20/h7-15,18H,3-6H2,1-2H3. The van der Waals surface area contributed by atoms with E-state index < -0.39 is 20.2 Å². The number of nitrogens with zero attached hydrogens (tertiary/aromatic N) is 2. The van der Waals surface area contributed by atoms with Gasteiger partial charge in [0.25, 0.3) is 0 Å². The molecule has 0 unspecified atom stereocenters. The number of thioether (sulfide) groups is 1. The lowest BCUT2D eigenvalue weighted by Gasteiger charge is -2.12. The first-order chi connectivity index (χ1) is 16.1. The molecule has 0 radical (unpaired) electrons. The van der Waals surface area contributed by atoms with E-state index in [0.717, 1.165) is 42.9 Å². The maximum absolute atomic E-state index is 12.8. The molecular formula is C23H24N2O6S3. The number of aryl methyl sites for hydroxylation is 2. The normalized spacial score (nSPS) is 14.8. The molecule has 1 aliphatic carbocycles. The van der Waals surface area contributed by atoms with Gasteiger partial charge in [0.2, 0.25) is 11.8 Å². The van der Waals surface area contributed by atoms with Gasteiger partial charge in [0, 0.05) is 5.25 Å². The Hall–Kier alpha value is -2.63. The van der Waals surface area contributed by atoms with Gasteiger partial charge in [0.15, 0.2) is 5.16 Å². The van der Waals surface area contributed by atoms with E-state index in [0.29, 0.717) is 0 Å². The smallest absolute Gasteiger partial charge is 0.340 e. The minimum absolute atomic E-state index is 0.0450. The number of aromatic nitrogens is 2. The van der Waals surface area contributed by atoms with Crippen molar-refractivity contribution in [3.63, 3.8) is 0 Å². The molecule has 0 aliphatic heterocycles. The average molecular weight is 521 g/mol. The van der Waals surface area contributed by atoms with Crippen molar-refractivity contribution in [3.05, 3.63) is 65.7 Å². The van der Waals surface area contributed by atoms with E-state index in [-0.39, 0.29) is 32.0 Å². The molecule has 1 heterocycles. The summed E-state index contributed by atoms with van der Waals surface area (Å²) in [5.74, 6) is -0.629. The van der Waals surface area contributed by atoms with Crippen molar-refractivity contribution >= 4 is 32.0 Å². The van der Waals surface area contributed by atoms with Crippen LogP contribution in [0.15, 0.2) is 69.5 Å². The first-order valence-corrected chi connectivity index (χ1v) is 14.4. The molecule has 34 heavy (non-hydrogen) atoms. The van der Waals surface area contributed by atoms with E-state index in [9.17, 15) is 16.8 Å². The summed E-state index contributed by atoms with van der Waals surface area (Å²) in [6.07, 6.45) is 4.11. The largest absolute Gasteiger partial charge is 0.358 e. The minimum Gasteiger partial charge on any atom is -0.358 e. The molecular weight excluding hydrogens is 496 g/mol. The average Bonchev–Trinajstić information content (AvgIpc) is 3.26. The van der Waals surface area contributed by atoms with Crippen LogP contribution in [0.5, 0.6) is 11.8 Å². The molecule has 0 N–H and O–H groups in total. The van der Waals surface area contributed by atoms with Crippen molar-refractivity contribution in [2.45, 2.75) is 59.7 Å². The van der Waals surface area contributed by atoms with Crippen molar-refractivity contribution in [3.8, 4) is 11.8 Å². The topological polar surface area (TPSA) is 113 Å². The summed E-state index contributed by atoms with van der Waals surface area (Å²) in [5.41, 5.74) is 1.79. The zero-order chi connectivity index (χ0) is 24.3. The monoisotopic (exact) mass is 520 g/mol. The second kappa shape index (κ2) is 9.93. The highest BCUT2D eigenvalue weighted by atomic mass is 32.2. The van der Waals surface area contributed by atoms with Gasteiger partial charge in [-0.15, -0.1) is 0 Å². The Morgan fingerprint density at radius 1 is 0.735 bits per heavy atom. The molecule has 0 atom stereocenters. The van der Waals surface area contributed by atoms with Crippen LogP contribution >= 0.6 is 11.8 Å². The van der Waals surface area contributed by atoms with Crippen molar-refractivity contribution in [2.75, 3.05) is 0 Å². The Labute approximate surface area is 204 Å². The lowest BCUT2D eigenvalue weighted by molar-refractivity contribution is 0.454. The predicted molar refractivity (Wildman–Crippen MR) is 128 cm³/mol. The Kier molecular flexibility index (Phi) is 7.15. The van der Waals surface area contributed by atoms with Crippen LogP contribution in [0.25, 0.3) is 0 Å². The van der Waals surface area contributed by atoms with Crippen molar-refractivity contribution < 1.29 is 25.2 Å². The van der Waals surface area contributed by atoms with Gasteiger partial charge >= 0.3 is 20.2 Å². The Bertz CT molecular complexity index is 1270. The van der Waals surface area contributed by atoms with Gasteiger partial charge < -0.3 is 8.37 Å². The van der Waals surface area contributed by atoms with Gasteiger partial charge in [0.1, 0.15) is 9.79 Å². The third-order valence-corrected chi connectivity index (χ3v) is 8.92. The molecule has 0 amide bonds. The Morgan fingerprint density at radius 3 is 1.56 bits per heavy atom. The molecule has 8 nitrogen and oxygen atoms in total. The van der Waals surface area contributed by atoms with E-state index in [1.165, 1.54) is 36.0 Å². The second-order valence-corrected chi connectivity index (χ2v) is 12.4. The first kappa shape index (κ1) is 24.5. The van der Waals surface area contributed by atoms with Crippen LogP contribution in [0.1, 0.15) is 36.8 Å². The third kappa shape index (κ3) is 6.08. The van der Waals surface area contributed by atoms with Gasteiger partial charge in [-0.25, -0.2) is 0 Å². The molecule has 180 valence electrons. The highest BCUT2D eigenvalue weighted by Gasteiger charge is 2.24. The molecule has 1 aliphatic rings. The molecule has 1 saturated carbocycles. The highest BCUT2D eigenvalue weighted by Crippen LogP contribution is 2.35. The summed E-state index contributed by atoms with van der Waals surface area (Å²) in [6, 6.07) is 13.4. The van der Waals surface area contributed by atoms with Gasteiger partial charge in [-0.05, 0) is 51.0 Å². The van der Waals surface area contributed by atoms with E-state index in [1.807, 2.05) is 13.8 Å². The zero-order valence-corrected chi connectivity index (χ0v) is 21.1. The van der Waals surface area contributed by atoms with Crippen molar-refractivity contribution in [1.82, 2.24) is 9.97 Å². The summed E-state index contributed by atoms with van der Waals surface area (Å²) in [5, 5.41) is 0.447. The van der Waals surface area contributed by atoms with Crippen LogP contribution in [0, 0.1) is 13.8 Å². The molecule has 0 saturated heterocycles. The quantitative estimate of drug-likeness (QED) is 0.309. The van der Waals surface area contributed by atoms with Crippen LogP contribution in [-0.4, -0.2) is 32.1 Å². The van der Waals surface area contributed by atoms with E-state index >= 15 is 0 Å². The number of hydrogen-bond donors (Lipinski definition) is 0. The fraction of sp³-hybridized carbons (Fsp3) is 0.304.